The third-order valence-electron chi connectivity index (χ3n) is 2.34. The van der Waals surface area contributed by atoms with Crippen LogP contribution in [0.1, 0.15) is 22.8 Å². The van der Waals surface area contributed by atoms with Gasteiger partial charge in [0.2, 0.25) is 0 Å². The van der Waals surface area contributed by atoms with Crippen molar-refractivity contribution in [2.24, 2.45) is 0 Å². The van der Waals surface area contributed by atoms with Crippen molar-refractivity contribution in [1.29, 1.82) is 0 Å². The van der Waals surface area contributed by atoms with E-state index in [0.717, 1.165) is 10.0 Å². The Morgan fingerprint density at radius 3 is 2.59 bits per heavy atom. The highest BCUT2D eigenvalue weighted by Gasteiger charge is 2.16. The van der Waals surface area contributed by atoms with E-state index in [1.165, 1.54) is 7.11 Å². The predicted octanol–water partition coefficient (Wildman–Crippen LogP) is 2.05. The average Bonchev–Trinajstić information content (AvgIpc) is 2.31. The number of ether oxygens (including phenoxy) is 1. The van der Waals surface area contributed by atoms with Crippen LogP contribution in [0.15, 0.2) is 22.7 Å². The topological polar surface area (TPSA) is 55.4 Å². The summed E-state index contributed by atoms with van der Waals surface area (Å²) in [5, 5.41) is 2.56. The van der Waals surface area contributed by atoms with E-state index >= 15 is 0 Å². The van der Waals surface area contributed by atoms with Crippen molar-refractivity contribution < 1.29 is 14.3 Å². The Bertz CT molecular complexity index is 445. The number of carbonyl (C=O) groups is 2. The molecule has 17 heavy (non-hydrogen) atoms. The van der Waals surface area contributed by atoms with E-state index in [4.69, 9.17) is 0 Å². The van der Waals surface area contributed by atoms with Gasteiger partial charge in [-0.05, 0) is 31.5 Å². The van der Waals surface area contributed by atoms with Gasteiger partial charge < -0.3 is 10.1 Å². The maximum absolute atomic E-state index is 11.8. The van der Waals surface area contributed by atoms with Crippen LogP contribution in [0.2, 0.25) is 0 Å². The van der Waals surface area contributed by atoms with E-state index in [1.807, 2.05) is 13.0 Å². The van der Waals surface area contributed by atoms with E-state index in [2.05, 4.69) is 26.0 Å². The molecule has 5 heteroatoms. The lowest BCUT2D eigenvalue weighted by Crippen LogP contribution is -2.39. The maximum Gasteiger partial charge on any atom is 0.328 e. The zero-order valence-electron chi connectivity index (χ0n) is 9.91. The van der Waals surface area contributed by atoms with Gasteiger partial charge in [-0.25, -0.2) is 4.79 Å². The average molecular weight is 300 g/mol. The number of nitrogens with one attached hydrogen (secondary N) is 1. The molecule has 0 fully saturated rings. The van der Waals surface area contributed by atoms with Crippen LogP contribution in [0, 0.1) is 6.92 Å². The number of esters is 1. The Kier molecular flexibility index (Phi) is 4.69. The molecule has 0 aromatic heterocycles. The summed E-state index contributed by atoms with van der Waals surface area (Å²) in [5.41, 5.74) is 1.54. The van der Waals surface area contributed by atoms with Gasteiger partial charge in [0.1, 0.15) is 6.04 Å². The maximum atomic E-state index is 11.8. The van der Waals surface area contributed by atoms with Crippen LogP contribution in [0.5, 0.6) is 0 Å². The molecule has 0 saturated carbocycles. The van der Waals surface area contributed by atoms with Gasteiger partial charge in [-0.15, -0.1) is 0 Å². The lowest BCUT2D eigenvalue weighted by Gasteiger charge is -2.11. The van der Waals surface area contributed by atoms with Gasteiger partial charge in [-0.2, -0.15) is 0 Å². The molecule has 0 saturated heterocycles. The third kappa shape index (κ3) is 3.56. The molecular weight excluding hydrogens is 286 g/mol. The minimum absolute atomic E-state index is 0.302. The fourth-order valence-electron chi connectivity index (χ4n) is 1.25. The van der Waals surface area contributed by atoms with Crippen molar-refractivity contribution in [3.63, 3.8) is 0 Å². The Morgan fingerprint density at radius 1 is 1.41 bits per heavy atom. The summed E-state index contributed by atoms with van der Waals surface area (Å²) in [6.07, 6.45) is 0. The SMILES string of the molecule is COC(=O)[C@H](C)NC(=O)c1ccc(C)c(Br)c1. The van der Waals surface area contributed by atoms with Crippen LogP contribution >= 0.6 is 15.9 Å². The van der Waals surface area contributed by atoms with Gasteiger partial charge in [0, 0.05) is 10.0 Å². The zero-order chi connectivity index (χ0) is 13.0. The first-order chi connectivity index (χ1) is 7.95. The summed E-state index contributed by atoms with van der Waals surface area (Å²) in [4.78, 5) is 23.0. The van der Waals surface area contributed by atoms with Crippen molar-refractivity contribution in [2.45, 2.75) is 19.9 Å². The van der Waals surface area contributed by atoms with E-state index in [0.29, 0.717) is 5.56 Å². The van der Waals surface area contributed by atoms with Crippen LogP contribution in [-0.4, -0.2) is 25.0 Å². The molecule has 92 valence electrons. The number of methoxy groups -OCH3 is 1. The highest BCUT2D eigenvalue weighted by atomic mass is 79.9. The molecule has 0 heterocycles. The summed E-state index contributed by atoms with van der Waals surface area (Å²) in [5.74, 6) is -0.770. The number of aryl methyl sites for hydroxylation is 1. The lowest BCUT2D eigenvalue weighted by molar-refractivity contribution is -0.142. The molecule has 1 amide bonds. The third-order valence-corrected chi connectivity index (χ3v) is 3.19. The number of benzene rings is 1. The smallest absolute Gasteiger partial charge is 0.328 e. The van der Waals surface area contributed by atoms with Crippen molar-refractivity contribution in [3.05, 3.63) is 33.8 Å². The Balaban J connectivity index is 2.76. The number of halogens is 1. The standard InChI is InChI=1S/C12H14BrNO3/c1-7-4-5-9(6-10(7)13)11(15)14-8(2)12(16)17-3/h4-6,8H,1-3H3,(H,14,15)/t8-/m0/s1. The number of rotatable bonds is 3. The Hall–Kier alpha value is -1.36. The van der Waals surface area contributed by atoms with E-state index < -0.39 is 12.0 Å². The largest absolute Gasteiger partial charge is 0.467 e. The van der Waals surface area contributed by atoms with Crippen molar-refractivity contribution in [1.82, 2.24) is 5.32 Å². The fraction of sp³-hybridized carbons (Fsp3) is 0.333. The molecule has 1 atom stereocenters. The van der Waals surface area contributed by atoms with E-state index in [1.54, 1.807) is 19.1 Å². The molecule has 0 aliphatic carbocycles. The molecule has 4 nitrogen and oxygen atoms in total. The number of hydrogen-bond acceptors (Lipinski definition) is 3. The molecule has 1 aromatic rings. The van der Waals surface area contributed by atoms with Crippen LogP contribution in [-0.2, 0) is 9.53 Å². The lowest BCUT2D eigenvalue weighted by atomic mass is 10.1. The predicted molar refractivity (Wildman–Crippen MR) is 67.8 cm³/mol. The molecule has 0 unspecified atom stereocenters. The molecule has 0 bridgehead atoms. The van der Waals surface area contributed by atoms with Crippen LogP contribution < -0.4 is 5.32 Å². The van der Waals surface area contributed by atoms with Gasteiger partial charge in [-0.1, -0.05) is 22.0 Å². The van der Waals surface area contributed by atoms with E-state index in [-0.39, 0.29) is 5.91 Å². The Morgan fingerprint density at radius 2 is 2.06 bits per heavy atom. The summed E-state index contributed by atoms with van der Waals surface area (Å²) in [7, 11) is 1.29. The minimum atomic E-state index is -0.660. The molecular formula is C12H14BrNO3. The summed E-state index contributed by atoms with van der Waals surface area (Å²) in [6, 6.07) is 4.60. The first-order valence-electron chi connectivity index (χ1n) is 5.10. The quantitative estimate of drug-likeness (QED) is 0.869. The van der Waals surface area contributed by atoms with Crippen LogP contribution in [0.4, 0.5) is 0 Å². The minimum Gasteiger partial charge on any atom is -0.467 e. The highest BCUT2D eigenvalue weighted by Crippen LogP contribution is 2.17. The summed E-state index contributed by atoms with van der Waals surface area (Å²) in [6.45, 7) is 3.51. The highest BCUT2D eigenvalue weighted by molar-refractivity contribution is 9.10. The first kappa shape index (κ1) is 13.7. The van der Waals surface area contributed by atoms with Gasteiger partial charge in [-0.3, -0.25) is 4.79 Å². The molecule has 0 radical (unpaired) electrons. The molecule has 0 aliphatic heterocycles. The number of hydrogen-bond donors (Lipinski definition) is 1. The van der Waals surface area contributed by atoms with Crippen LogP contribution in [0.25, 0.3) is 0 Å². The molecule has 1 N–H and O–H groups in total. The van der Waals surface area contributed by atoms with Crippen molar-refractivity contribution in [2.75, 3.05) is 7.11 Å². The summed E-state index contributed by atoms with van der Waals surface area (Å²) < 4.78 is 5.39. The second kappa shape index (κ2) is 5.82. The van der Waals surface area contributed by atoms with Gasteiger partial charge in [0.15, 0.2) is 0 Å². The van der Waals surface area contributed by atoms with Gasteiger partial charge in [0.05, 0.1) is 7.11 Å². The second-order valence-electron chi connectivity index (χ2n) is 3.68. The summed E-state index contributed by atoms with van der Waals surface area (Å²) >= 11 is 3.35. The molecule has 1 rings (SSSR count). The van der Waals surface area contributed by atoms with E-state index in [9.17, 15) is 9.59 Å². The van der Waals surface area contributed by atoms with Gasteiger partial charge >= 0.3 is 5.97 Å². The molecule has 0 spiro atoms. The van der Waals surface area contributed by atoms with Crippen molar-refractivity contribution >= 4 is 27.8 Å². The van der Waals surface area contributed by atoms with Crippen molar-refractivity contribution in [3.8, 4) is 0 Å². The number of amides is 1. The molecule has 0 aliphatic rings. The van der Waals surface area contributed by atoms with Gasteiger partial charge in [0.25, 0.3) is 5.91 Å². The normalized spacial score (nSPS) is 11.8. The zero-order valence-corrected chi connectivity index (χ0v) is 11.5. The second-order valence-corrected chi connectivity index (χ2v) is 4.54. The monoisotopic (exact) mass is 299 g/mol. The molecule has 1 aromatic carbocycles. The fourth-order valence-corrected chi connectivity index (χ4v) is 1.63. The van der Waals surface area contributed by atoms with Crippen LogP contribution in [0.3, 0.4) is 0 Å². The number of carbonyl (C=O) groups excluding carboxylic acids is 2. The Labute approximate surface area is 108 Å². The first-order valence-corrected chi connectivity index (χ1v) is 5.90.